The molecule has 3 fully saturated rings. The third-order valence-electron chi connectivity index (χ3n) is 7.69. The highest BCUT2D eigenvalue weighted by Gasteiger charge is 2.62. The second kappa shape index (κ2) is 5.34. The molecule has 3 aliphatic rings. The number of hydrogen-bond donors (Lipinski definition) is 0. The Labute approximate surface area is 142 Å². The fourth-order valence-electron chi connectivity index (χ4n) is 5.86. The third kappa shape index (κ3) is 2.22. The molecule has 1 heteroatoms. The van der Waals surface area contributed by atoms with Crippen LogP contribution in [0.4, 0.5) is 0 Å². The topological polar surface area (TPSA) is 3.24 Å². The van der Waals surface area contributed by atoms with E-state index in [9.17, 15) is 0 Å². The van der Waals surface area contributed by atoms with Crippen molar-refractivity contribution < 1.29 is 0 Å². The maximum absolute atomic E-state index is 2.86. The summed E-state index contributed by atoms with van der Waals surface area (Å²) in [5, 5.41) is 0. The van der Waals surface area contributed by atoms with Gasteiger partial charge in [0.25, 0.3) is 0 Å². The highest BCUT2D eigenvalue weighted by Crippen LogP contribution is 2.62. The summed E-state index contributed by atoms with van der Waals surface area (Å²) in [5.74, 6) is 1.00. The summed E-state index contributed by atoms with van der Waals surface area (Å²) in [6.45, 7) is 12.4. The maximum atomic E-state index is 2.86. The first-order valence-electron chi connectivity index (χ1n) is 9.84. The van der Waals surface area contributed by atoms with Crippen molar-refractivity contribution in [3.63, 3.8) is 0 Å². The Hall–Kier alpha value is -0.820. The molecule has 0 aromatic heterocycles. The molecule has 23 heavy (non-hydrogen) atoms. The van der Waals surface area contributed by atoms with E-state index in [1.165, 1.54) is 57.2 Å². The van der Waals surface area contributed by atoms with E-state index >= 15 is 0 Å². The van der Waals surface area contributed by atoms with Crippen molar-refractivity contribution in [3.05, 3.63) is 34.9 Å². The maximum Gasteiger partial charge on any atom is 0.0152 e. The number of aryl methyl sites for hydroxylation is 2. The van der Waals surface area contributed by atoms with Crippen LogP contribution in [0.5, 0.6) is 0 Å². The monoisotopic (exact) mass is 311 g/mol. The van der Waals surface area contributed by atoms with Gasteiger partial charge in [0.05, 0.1) is 0 Å². The molecule has 1 heterocycles. The molecule has 0 bridgehead atoms. The van der Waals surface area contributed by atoms with Crippen LogP contribution in [0.3, 0.4) is 0 Å². The summed E-state index contributed by atoms with van der Waals surface area (Å²) >= 11 is 0. The van der Waals surface area contributed by atoms with Gasteiger partial charge in [-0.3, -0.25) is 4.90 Å². The lowest BCUT2D eigenvalue weighted by atomic mass is 9.61. The summed E-state index contributed by atoms with van der Waals surface area (Å²) in [5.41, 5.74) is 5.60. The average Bonchev–Trinajstić information content (AvgIpc) is 3.25. The van der Waals surface area contributed by atoms with Gasteiger partial charge in [-0.25, -0.2) is 0 Å². The highest BCUT2D eigenvalue weighted by molar-refractivity contribution is 5.43. The minimum absolute atomic E-state index is 0.401. The lowest BCUT2D eigenvalue weighted by Gasteiger charge is -2.41. The summed E-state index contributed by atoms with van der Waals surface area (Å²) in [4.78, 5) is 2.86. The number of fused-ring (bicyclic) bond motifs is 1. The van der Waals surface area contributed by atoms with E-state index in [-0.39, 0.29) is 0 Å². The van der Waals surface area contributed by atoms with Crippen LogP contribution in [0, 0.1) is 18.3 Å². The minimum atomic E-state index is 0.401. The van der Waals surface area contributed by atoms with Gasteiger partial charge in [-0.05, 0) is 68.4 Å². The molecule has 3 atom stereocenters. The van der Waals surface area contributed by atoms with E-state index < -0.39 is 0 Å². The SMILES string of the molecule is CCc1ccc(C)cc1C12CCCC1(C)C(C)N(CC1CC1)C2. The average molecular weight is 312 g/mol. The van der Waals surface area contributed by atoms with Crippen molar-refractivity contribution in [2.75, 3.05) is 13.1 Å². The lowest BCUT2D eigenvalue weighted by Crippen LogP contribution is -2.41. The molecule has 2 saturated carbocycles. The first-order chi connectivity index (χ1) is 11.0. The number of rotatable bonds is 4. The van der Waals surface area contributed by atoms with Gasteiger partial charge in [0.15, 0.2) is 0 Å². The lowest BCUT2D eigenvalue weighted by molar-refractivity contribution is 0.163. The van der Waals surface area contributed by atoms with Gasteiger partial charge in [-0.15, -0.1) is 0 Å². The second-order valence-electron chi connectivity index (χ2n) is 8.92. The molecule has 126 valence electrons. The Kier molecular flexibility index (Phi) is 3.65. The quantitative estimate of drug-likeness (QED) is 0.748. The van der Waals surface area contributed by atoms with Gasteiger partial charge in [-0.1, -0.05) is 44.0 Å². The number of nitrogens with zero attached hydrogens (tertiary/aromatic N) is 1. The predicted octanol–water partition coefficient (Wildman–Crippen LogP) is 5.10. The molecule has 0 radical (unpaired) electrons. The van der Waals surface area contributed by atoms with Gasteiger partial charge in [0, 0.05) is 24.5 Å². The molecule has 0 spiro atoms. The zero-order valence-electron chi connectivity index (χ0n) is 15.5. The van der Waals surface area contributed by atoms with Crippen LogP contribution in [-0.2, 0) is 11.8 Å². The van der Waals surface area contributed by atoms with Crippen LogP contribution >= 0.6 is 0 Å². The van der Waals surface area contributed by atoms with Gasteiger partial charge in [0.1, 0.15) is 0 Å². The molecule has 2 aliphatic carbocycles. The molecular formula is C22H33N. The smallest absolute Gasteiger partial charge is 0.0152 e. The molecule has 1 saturated heterocycles. The summed E-state index contributed by atoms with van der Waals surface area (Å²) in [7, 11) is 0. The molecule has 1 aliphatic heterocycles. The van der Waals surface area contributed by atoms with E-state index in [0.29, 0.717) is 10.8 Å². The van der Waals surface area contributed by atoms with Crippen LogP contribution in [0.1, 0.15) is 69.6 Å². The third-order valence-corrected chi connectivity index (χ3v) is 7.69. The Morgan fingerprint density at radius 1 is 1.22 bits per heavy atom. The standard InChI is InChI=1S/C22H33N/c1-5-19-10-7-16(2)13-20(19)22-12-6-11-21(22,4)17(3)23(15-22)14-18-8-9-18/h7,10,13,17-18H,5-6,8-9,11-12,14-15H2,1-4H3. The molecule has 1 aromatic carbocycles. The van der Waals surface area contributed by atoms with Crippen molar-refractivity contribution in [2.24, 2.45) is 11.3 Å². The van der Waals surface area contributed by atoms with Gasteiger partial charge < -0.3 is 0 Å². The molecule has 3 unspecified atom stereocenters. The molecule has 1 nitrogen and oxygen atoms in total. The number of likely N-dealkylation sites (tertiary alicyclic amines) is 1. The van der Waals surface area contributed by atoms with E-state index in [4.69, 9.17) is 0 Å². The fraction of sp³-hybridized carbons (Fsp3) is 0.727. The molecule has 1 aromatic rings. The van der Waals surface area contributed by atoms with Gasteiger partial charge in [0.2, 0.25) is 0 Å². The summed E-state index contributed by atoms with van der Waals surface area (Å²) in [6, 6.07) is 7.99. The first-order valence-corrected chi connectivity index (χ1v) is 9.84. The van der Waals surface area contributed by atoms with Crippen molar-refractivity contribution >= 4 is 0 Å². The minimum Gasteiger partial charge on any atom is -0.299 e. The zero-order chi connectivity index (χ0) is 16.2. The largest absolute Gasteiger partial charge is 0.299 e. The molecular weight excluding hydrogens is 278 g/mol. The fourth-order valence-corrected chi connectivity index (χ4v) is 5.86. The van der Waals surface area contributed by atoms with Crippen LogP contribution in [0.2, 0.25) is 0 Å². The first kappa shape index (κ1) is 15.7. The highest BCUT2D eigenvalue weighted by atomic mass is 15.2. The zero-order valence-corrected chi connectivity index (χ0v) is 15.5. The van der Waals surface area contributed by atoms with Gasteiger partial charge >= 0.3 is 0 Å². The van der Waals surface area contributed by atoms with E-state index in [1.807, 2.05) is 0 Å². The van der Waals surface area contributed by atoms with Crippen LogP contribution in [-0.4, -0.2) is 24.0 Å². The summed E-state index contributed by atoms with van der Waals surface area (Å²) < 4.78 is 0. The van der Waals surface area contributed by atoms with Gasteiger partial charge in [-0.2, -0.15) is 0 Å². The number of hydrogen-bond acceptors (Lipinski definition) is 1. The normalized spacial score (nSPS) is 37.3. The number of benzene rings is 1. The second-order valence-corrected chi connectivity index (χ2v) is 8.92. The molecule has 0 N–H and O–H groups in total. The van der Waals surface area contributed by atoms with Crippen LogP contribution in [0.15, 0.2) is 18.2 Å². The summed E-state index contributed by atoms with van der Waals surface area (Å²) in [6.07, 6.45) is 8.33. The Bertz CT molecular complexity index is 602. The Balaban J connectivity index is 1.79. The van der Waals surface area contributed by atoms with Crippen molar-refractivity contribution in [3.8, 4) is 0 Å². The van der Waals surface area contributed by atoms with E-state index in [2.05, 4.69) is 50.8 Å². The van der Waals surface area contributed by atoms with Crippen molar-refractivity contribution in [2.45, 2.75) is 77.7 Å². The van der Waals surface area contributed by atoms with Crippen LogP contribution < -0.4 is 0 Å². The Morgan fingerprint density at radius 3 is 2.70 bits per heavy atom. The van der Waals surface area contributed by atoms with Crippen molar-refractivity contribution in [1.29, 1.82) is 0 Å². The van der Waals surface area contributed by atoms with Crippen molar-refractivity contribution in [1.82, 2.24) is 4.90 Å². The predicted molar refractivity (Wildman–Crippen MR) is 98.0 cm³/mol. The molecule has 4 rings (SSSR count). The Morgan fingerprint density at radius 2 is 2.00 bits per heavy atom. The van der Waals surface area contributed by atoms with E-state index in [0.717, 1.165) is 12.0 Å². The van der Waals surface area contributed by atoms with E-state index in [1.54, 1.807) is 11.1 Å². The van der Waals surface area contributed by atoms with Crippen LogP contribution in [0.25, 0.3) is 0 Å². The molecule has 0 amide bonds.